The van der Waals surface area contributed by atoms with Crippen LogP contribution in [0.2, 0.25) is 0 Å². The Balaban J connectivity index is 2.16. The van der Waals surface area contributed by atoms with Gasteiger partial charge in [-0.05, 0) is 29.8 Å². The zero-order valence-electron chi connectivity index (χ0n) is 10.3. The Bertz CT molecular complexity index is 597. The highest BCUT2D eigenvalue weighted by atomic mass is 19.1. The van der Waals surface area contributed by atoms with Crippen LogP contribution in [0.3, 0.4) is 0 Å². The number of hydrogen-bond donors (Lipinski definition) is 0. The molecular formula is C14H12FN3O. The Morgan fingerprint density at radius 3 is 2.74 bits per heavy atom. The molecule has 1 aromatic carbocycles. The van der Waals surface area contributed by atoms with E-state index in [9.17, 15) is 4.39 Å². The summed E-state index contributed by atoms with van der Waals surface area (Å²) in [5, 5.41) is 7.83. The summed E-state index contributed by atoms with van der Waals surface area (Å²) in [6, 6.07) is 9.62. The number of rotatable bonds is 3. The number of hydrogen-bond acceptors (Lipinski definition) is 4. The van der Waals surface area contributed by atoms with Gasteiger partial charge in [-0.3, -0.25) is 4.98 Å². The normalized spacial score (nSPS) is 11.8. The van der Waals surface area contributed by atoms with E-state index in [4.69, 9.17) is 4.74 Å². The third kappa shape index (κ3) is 3.70. The molecule has 0 aliphatic heterocycles. The second-order valence-corrected chi connectivity index (χ2v) is 3.64. The van der Waals surface area contributed by atoms with E-state index in [1.807, 2.05) is 0 Å². The zero-order chi connectivity index (χ0) is 13.5. The predicted molar refractivity (Wildman–Crippen MR) is 71.8 cm³/mol. The fourth-order valence-corrected chi connectivity index (χ4v) is 1.45. The van der Waals surface area contributed by atoms with Crippen LogP contribution < -0.4 is 0 Å². The standard InChI is InChI=1S/C14H12FN3O/c1-19-14(12-5-7-16-8-6-12)18-17-10-11-3-2-4-13(15)9-11/h2-10H,1H3/b17-10+,18-14+. The van der Waals surface area contributed by atoms with Crippen molar-refractivity contribution in [2.45, 2.75) is 0 Å². The van der Waals surface area contributed by atoms with Crippen LogP contribution in [0.15, 0.2) is 59.0 Å². The van der Waals surface area contributed by atoms with Crippen molar-refractivity contribution in [3.05, 3.63) is 65.7 Å². The summed E-state index contributed by atoms with van der Waals surface area (Å²) in [6.07, 6.45) is 4.74. The fraction of sp³-hybridized carbons (Fsp3) is 0.0714. The van der Waals surface area contributed by atoms with Gasteiger partial charge in [-0.1, -0.05) is 12.1 Å². The van der Waals surface area contributed by atoms with Gasteiger partial charge in [-0.15, -0.1) is 5.10 Å². The first-order valence-electron chi connectivity index (χ1n) is 5.60. The number of nitrogens with zero attached hydrogens (tertiary/aromatic N) is 3. The van der Waals surface area contributed by atoms with Crippen LogP contribution in [0.1, 0.15) is 11.1 Å². The molecule has 0 bridgehead atoms. The van der Waals surface area contributed by atoms with Crippen molar-refractivity contribution >= 4 is 12.1 Å². The third-order valence-corrected chi connectivity index (χ3v) is 2.32. The molecule has 0 unspecified atom stereocenters. The van der Waals surface area contributed by atoms with E-state index in [-0.39, 0.29) is 5.82 Å². The molecule has 19 heavy (non-hydrogen) atoms. The molecule has 0 aliphatic rings. The summed E-state index contributed by atoms with van der Waals surface area (Å²) in [5.41, 5.74) is 1.41. The highest BCUT2D eigenvalue weighted by molar-refractivity contribution is 5.94. The smallest absolute Gasteiger partial charge is 0.240 e. The lowest BCUT2D eigenvalue weighted by Crippen LogP contribution is -2.02. The molecule has 1 heterocycles. The van der Waals surface area contributed by atoms with Gasteiger partial charge in [-0.25, -0.2) is 4.39 Å². The van der Waals surface area contributed by atoms with Gasteiger partial charge in [0.2, 0.25) is 5.90 Å². The first-order valence-corrected chi connectivity index (χ1v) is 5.60. The Kier molecular flexibility index (Phi) is 4.34. The summed E-state index contributed by atoms with van der Waals surface area (Å²) in [7, 11) is 1.51. The third-order valence-electron chi connectivity index (χ3n) is 2.32. The van der Waals surface area contributed by atoms with Crippen LogP contribution in [0, 0.1) is 5.82 Å². The summed E-state index contributed by atoms with van der Waals surface area (Å²) < 4.78 is 18.1. The highest BCUT2D eigenvalue weighted by Gasteiger charge is 2.01. The number of aromatic nitrogens is 1. The van der Waals surface area contributed by atoms with Crippen LogP contribution in [0.25, 0.3) is 0 Å². The number of halogens is 1. The van der Waals surface area contributed by atoms with E-state index >= 15 is 0 Å². The molecule has 0 N–H and O–H groups in total. The average Bonchev–Trinajstić information content (AvgIpc) is 2.45. The topological polar surface area (TPSA) is 46.8 Å². The van der Waals surface area contributed by atoms with Crippen LogP contribution in [-0.4, -0.2) is 24.2 Å². The van der Waals surface area contributed by atoms with Gasteiger partial charge in [0.05, 0.1) is 13.3 Å². The van der Waals surface area contributed by atoms with Crippen molar-refractivity contribution in [3.63, 3.8) is 0 Å². The number of benzene rings is 1. The molecule has 0 aliphatic carbocycles. The molecule has 0 saturated carbocycles. The Morgan fingerprint density at radius 1 is 1.26 bits per heavy atom. The molecule has 0 fully saturated rings. The van der Waals surface area contributed by atoms with Crippen LogP contribution in [-0.2, 0) is 4.74 Å². The molecular weight excluding hydrogens is 245 g/mol. The van der Waals surface area contributed by atoms with Crippen molar-refractivity contribution in [2.24, 2.45) is 10.2 Å². The maximum Gasteiger partial charge on any atom is 0.240 e. The van der Waals surface area contributed by atoms with Crippen molar-refractivity contribution < 1.29 is 9.13 Å². The molecule has 1 aromatic heterocycles. The van der Waals surface area contributed by atoms with Crippen molar-refractivity contribution in [1.82, 2.24) is 4.98 Å². The number of pyridine rings is 1. The monoisotopic (exact) mass is 257 g/mol. The molecule has 0 saturated heterocycles. The van der Waals surface area contributed by atoms with Crippen molar-refractivity contribution in [2.75, 3.05) is 7.11 Å². The van der Waals surface area contributed by atoms with Crippen LogP contribution in [0.5, 0.6) is 0 Å². The van der Waals surface area contributed by atoms with Gasteiger partial charge in [0.15, 0.2) is 0 Å². The predicted octanol–water partition coefficient (Wildman–Crippen LogP) is 2.65. The lowest BCUT2D eigenvalue weighted by atomic mass is 10.2. The van der Waals surface area contributed by atoms with E-state index in [1.54, 1.807) is 36.7 Å². The molecule has 96 valence electrons. The number of methoxy groups -OCH3 is 1. The zero-order valence-corrected chi connectivity index (χ0v) is 10.3. The minimum atomic E-state index is -0.311. The Hall–Kier alpha value is -2.56. The van der Waals surface area contributed by atoms with E-state index in [0.717, 1.165) is 5.56 Å². The minimum Gasteiger partial charge on any atom is -0.479 e. The van der Waals surface area contributed by atoms with E-state index in [0.29, 0.717) is 11.5 Å². The van der Waals surface area contributed by atoms with Crippen molar-refractivity contribution in [3.8, 4) is 0 Å². The largest absolute Gasteiger partial charge is 0.479 e. The van der Waals surface area contributed by atoms with Crippen LogP contribution in [0.4, 0.5) is 4.39 Å². The summed E-state index contributed by atoms with van der Waals surface area (Å²) in [5.74, 6) is 0.0593. The molecule has 0 radical (unpaired) electrons. The SMILES string of the molecule is CO/C(=N/N=C/c1cccc(F)c1)c1ccncc1. The van der Waals surface area contributed by atoms with Gasteiger partial charge in [0, 0.05) is 18.0 Å². The molecule has 0 atom stereocenters. The summed E-state index contributed by atoms with van der Waals surface area (Å²) >= 11 is 0. The lowest BCUT2D eigenvalue weighted by molar-refractivity contribution is 0.403. The van der Waals surface area contributed by atoms with E-state index in [2.05, 4.69) is 15.2 Å². The van der Waals surface area contributed by atoms with Gasteiger partial charge in [0.1, 0.15) is 5.82 Å². The van der Waals surface area contributed by atoms with Gasteiger partial charge in [0.25, 0.3) is 0 Å². The first-order chi connectivity index (χ1) is 9.29. The molecule has 2 aromatic rings. The maximum atomic E-state index is 13.0. The second-order valence-electron chi connectivity index (χ2n) is 3.64. The van der Waals surface area contributed by atoms with E-state index < -0.39 is 0 Å². The Labute approximate surface area is 110 Å². The molecule has 0 spiro atoms. The van der Waals surface area contributed by atoms with Gasteiger partial charge >= 0.3 is 0 Å². The summed E-state index contributed by atoms with van der Waals surface area (Å²) in [6.45, 7) is 0. The molecule has 5 heteroatoms. The average molecular weight is 257 g/mol. The quantitative estimate of drug-likeness (QED) is 0.482. The van der Waals surface area contributed by atoms with E-state index in [1.165, 1.54) is 25.5 Å². The molecule has 4 nitrogen and oxygen atoms in total. The van der Waals surface area contributed by atoms with Gasteiger partial charge < -0.3 is 4.74 Å². The molecule has 0 amide bonds. The molecule has 2 rings (SSSR count). The Morgan fingerprint density at radius 2 is 2.05 bits per heavy atom. The van der Waals surface area contributed by atoms with Crippen LogP contribution >= 0.6 is 0 Å². The first kappa shape index (κ1) is 12.9. The minimum absolute atomic E-state index is 0.311. The summed E-state index contributed by atoms with van der Waals surface area (Å²) in [4.78, 5) is 3.91. The highest BCUT2D eigenvalue weighted by Crippen LogP contribution is 2.03. The second kappa shape index (κ2) is 6.39. The lowest BCUT2D eigenvalue weighted by Gasteiger charge is -2.01. The van der Waals surface area contributed by atoms with Gasteiger partial charge in [-0.2, -0.15) is 5.10 Å². The fourth-order valence-electron chi connectivity index (χ4n) is 1.45. The number of ether oxygens (including phenoxy) is 1. The van der Waals surface area contributed by atoms with Crippen molar-refractivity contribution in [1.29, 1.82) is 0 Å². The maximum absolute atomic E-state index is 13.0.